The van der Waals surface area contributed by atoms with Crippen LogP contribution in [0.3, 0.4) is 0 Å². The Bertz CT molecular complexity index is 926. The second-order valence-electron chi connectivity index (χ2n) is 6.78. The lowest BCUT2D eigenvalue weighted by molar-refractivity contribution is 0.601. The van der Waals surface area contributed by atoms with E-state index in [1.807, 2.05) is 24.3 Å². The number of hydrogen-bond donors (Lipinski definition) is 2. The van der Waals surface area contributed by atoms with E-state index in [9.17, 15) is 12.8 Å². The molecular formula is C20H24FN3O2S. The molecule has 0 spiro atoms. The van der Waals surface area contributed by atoms with Crippen LogP contribution in [-0.2, 0) is 16.3 Å². The molecule has 144 valence electrons. The second-order valence-corrected chi connectivity index (χ2v) is 8.80. The van der Waals surface area contributed by atoms with Crippen molar-refractivity contribution in [2.75, 3.05) is 19.8 Å². The van der Waals surface area contributed by atoms with Crippen LogP contribution in [0.25, 0.3) is 0 Å². The summed E-state index contributed by atoms with van der Waals surface area (Å²) in [5.41, 5.74) is 1.79. The first kappa shape index (κ1) is 19.4. The number of nitrogens with one attached hydrogen (secondary N) is 2. The first-order valence-electron chi connectivity index (χ1n) is 8.89. The van der Waals surface area contributed by atoms with E-state index in [1.54, 1.807) is 25.2 Å². The monoisotopic (exact) mass is 389 g/mol. The summed E-state index contributed by atoms with van der Waals surface area (Å²) in [5, 5.41) is 6.57. The summed E-state index contributed by atoms with van der Waals surface area (Å²) in [6, 6.07) is 14.0. The molecule has 1 saturated carbocycles. The first-order valence-corrected chi connectivity index (χ1v) is 10.8. The zero-order chi connectivity index (χ0) is 19.4. The average molecular weight is 389 g/mol. The highest BCUT2D eigenvalue weighted by Gasteiger charge is 2.40. The molecule has 1 aliphatic rings. The van der Waals surface area contributed by atoms with E-state index in [2.05, 4.69) is 15.6 Å². The van der Waals surface area contributed by atoms with Crippen LogP contribution in [0.2, 0.25) is 0 Å². The van der Waals surface area contributed by atoms with Gasteiger partial charge in [0.15, 0.2) is 15.8 Å². The van der Waals surface area contributed by atoms with Crippen LogP contribution in [-0.4, -0.2) is 40.3 Å². The van der Waals surface area contributed by atoms with Gasteiger partial charge in [-0.3, -0.25) is 4.99 Å². The quantitative estimate of drug-likeness (QED) is 0.588. The maximum Gasteiger partial charge on any atom is 0.191 e. The Labute approximate surface area is 159 Å². The minimum atomic E-state index is -3.17. The predicted octanol–water partition coefficient (Wildman–Crippen LogP) is 2.49. The van der Waals surface area contributed by atoms with Crippen LogP contribution in [0.1, 0.15) is 23.5 Å². The average Bonchev–Trinajstić information content (AvgIpc) is 3.40. The molecule has 2 aromatic rings. The molecule has 0 saturated heterocycles. The van der Waals surface area contributed by atoms with Gasteiger partial charge in [-0.25, -0.2) is 12.8 Å². The van der Waals surface area contributed by atoms with E-state index >= 15 is 0 Å². The van der Waals surface area contributed by atoms with Gasteiger partial charge >= 0.3 is 0 Å². The summed E-state index contributed by atoms with van der Waals surface area (Å²) in [7, 11) is -1.46. The summed E-state index contributed by atoms with van der Waals surface area (Å²) in [5.74, 6) is 0.701. The minimum Gasteiger partial charge on any atom is -0.356 e. The molecule has 1 aliphatic carbocycles. The summed E-state index contributed by atoms with van der Waals surface area (Å²) >= 11 is 0. The van der Waals surface area contributed by atoms with Crippen LogP contribution in [0.5, 0.6) is 0 Å². The van der Waals surface area contributed by atoms with Crippen molar-refractivity contribution in [3.8, 4) is 0 Å². The molecule has 1 fully saturated rings. The van der Waals surface area contributed by atoms with Crippen LogP contribution in [0.4, 0.5) is 4.39 Å². The SMILES string of the molecule is CN=C(NCCc1ccc(S(C)(=O)=O)cc1)NC1CC1c1ccccc1F. The number of aliphatic imine (C=N–C) groups is 1. The van der Waals surface area contributed by atoms with E-state index in [0.717, 1.165) is 24.0 Å². The smallest absolute Gasteiger partial charge is 0.191 e. The topological polar surface area (TPSA) is 70.6 Å². The Morgan fingerprint density at radius 2 is 1.89 bits per heavy atom. The van der Waals surface area contributed by atoms with Gasteiger partial charge in [-0.2, -0.15) is 0 Å². The molecule has 7 heteroatoms. The van der Waals surface area contributed by atoms with Gasteiger partial charge in [-0.1, -0.05) is 30.3 Å². The van der Waals surface area contributed by atoms with Crippen molar-refractivity contribution in [3.63, 3.8) is 0 Å². The van der Waals surface area contributed by atoms with Crippen molar-refractivity contribution in [3.05, 3.63) is 65.5 Å². The summed E-state index contributed by atoms with van der Waals surface area (Å²) in [4.78, 5) is 4.54. The highest BCUT2D eigenvalue weighted by molar-refractivity contribution is 7.90. The minimum absolute atomic E-state index is 0.160. The molecule has 5 nitrogen and oxygen atoms in total. The maximum absolute atomic E-state index is 13.9. The van der Waals surface area contributed by atoms with Crippen molar-refractivity contribution >= 4 is 15.8 Å². The lowest BCUT2D eigenvalue weighted by atomic mass is 10.1. The fourth-order valence-electron chi connectivity index (χ4n) is 3.07. The molecule has 0 aliphatic heterocycles. The van der Waals surface area contributed by atoms with E-state index in [0.29, 0.717) is 17.4 Å². The molecule has 0 heterocycles. The molecule has 0 amide bonds. The maximum atomic E-state index is 13.9. The van der Waals surface area contributed by atoms with Gasteiger partial charge in [0, 0.05) is 31.8 Å². The standard InChI is InChI=1S/C20H24FN3O2S/c1-22-20(24-19-13-17(19)16-5-3-4-6-18(16)21)23-12-11-14-7-9-15(10-8-14)27(2,25)26/h3-10,17,19H,11-13H2,1-2H3,(H2,22,23,24). The number of halogens is 1. The Hall–Kier alpha value is -2.41. The molecule has 3 rings (SSSR count). The molecule has 2 unspecified atom stereocenters. The third-order valence-corrected chi connectivity index (χ3v) is 5.83. The number of hydrogen-bond acceptors (Lipinski definition) is 3. The number of rotatable bonds is 6. The lowest BCUT2D eigenvalue weighted by Crippen LogP contribution is -2.39. The zero-order valence-electron chi connectivity index (χ0n) is 15.4. The number of benzene rings is 2. The fraction of sp³-hybridized carbons (Fsp3) is 0.350. The normalized spacial score (nSPS) is 19.6. The van der Waals surface area contributed by atoms with Gasteiger partial charge in [0.25, 0.3) is 0 Å². The Kier molecular flexibility index (Phi) is 5.79. The van der Waals surface area contributed by atoms with Crippen molar-refractivity contribution in [2.24, 2.45) is 4.99 Å². The first-order chi connectivity index (χ1) is 12.9. The van der Waals surface area contributed by atoms with Crippen LogP contribution in [0.15, 0.2) is 58.4 Å². The van der Waals surface area contributed by atoms with Gasteiger partial charge in [0.2, 0.25) is 0 Å². The van der Waals surface area contributed by atoms with Crippen molar-refractivity contribution in [1.29, 1.82) is 0 Å². The lowest BCUT2D eigenvalue weighted by Gasteiger charge is -2.12. The molecule has 0 aromatic heterocycles. The van der Waals surface area contributed by atoms with Crippen molar-refractivity contribution in [2.45, 2.75) is 29.7 Å². The van der Waals surface area contributed by atoms with Gasteiger partial charge < -0.3 is 10.6 Å². The van der Waals surface area contributed by atoms with Crippen LogP contribution >= 0.6 is 0 Å². The Balaban J connectivity index is 1.47. The van der Waals surface area contributed by atoms with Crippen molar-refractivity contribution in [1.82, 2.24) is 10.6 Å². The molecule has 0 radical (unpaired) electrons. The van der Waals surface area contributed by atoms with Crippen molar-refractivity contribution < 1.29 is 12.8 Å². The van der Waals surface area contributed by atoms with Crippen LogP contribution in [0, 0.1) is 5.82 Å². The molecule has 27 heavy (non-hydrogen) atoms. The molecule has 2 aromatic carbocycles. The van der Waals surface area contributed by atoms with E-state index < -0.39 is 9.84 Å². The highest BCUT2D eigenvalue weighted by Crippen LogP contribution is 2.41. The molecule has 2 atom stereocenters. The summed E-state index contributed by atoms with van der Waals surface area (Å²) in [6.07, 6.45) is 2.83. The second kappa shape index (κ2) is 8.08. The number of guanidine groups is 1. The third-order valence-electron chi connectivity index (χ3n) is 4.70. The van der Waals surface area contributed by atoms with Gasteiger partial charge in [-0.05, 0) is 42.2 Å². The fourth-order valence-corrected chi connectivity index (χ4v) is 3.70. The zero-order valence-corrected chi connectivity index (χ0v) is 16.3. The summed E-state index contributed by atoms with van der Waals surface area (Å²) in [6.45, 7) is 0.662. The van der Waals surface area contributed by atoms with Gasteiger partial charge in [-0.15, -0.1) is 0 Å². The number of sulfone groups is 1. The van der Waals surface area contributed by atoms with Gasteiger partial charge in [0.1, 0.15) is 5.82 Å². The summed E-state index contributed by atoms with van der Waals surface area (Å²) < 4.78 is 36.8. The largest absolute Gasteiger partial charge is 0.356 e. The highest BCUT2D eigenvalue weighted by atomic mass is 32.2. The molecule has 2 N–H and O–H groups in total. The van der Waals surface area contributed by atoms with E-state index in [1.165, 1.54) is 12.3 Å². The Morgan fingerprint density at radius 3 is 2.52 bits per heavy atom. The third kappa shape index (κ3) is 5.07. The van der Waals surface area contributed by atoms with E-state index in [4.69, 9.17) is 0 Å². The Morgan fingerprint density at radius 1 is 1.19 bits per heavy atom. The van der Waals surface area contributed by atoms with Gasteiger partial charge in [0.05, 0.1) is 4.90 Å². The predicted molar refractivity (Wildman–Crippen MR) is 105 cm³/mol. The van der Waals surface area contributed by atoms with E-state index in [-0.39, 0.29) is 17.8 Å². The number of nitrogens with zero attached hydrogens (tertiary/aromatic N) is 1. The molecular weight excluding hydrogens is 365 g/mol. The molecule has 0 bridgehead atoms. The van der Waals surface area contributed by atoms with Crippen LogP contribution < -0.4 is 10.6 Å².